The molecule has 0 saturated carbocycles. The summed E-state index contributed by atoms with van der Waals surface area (Å²) in [6, 6.07) is 13.8. The minimum absolute atomic E-state index is 0.0623. The summed E-state index contributed by atoms with van der Waals surface area (Å²) in [7, 11) is 1.67. The highest BCUT2D eigenvalue weighted by molar-refractivity contribution is 9.10. The van der Waals surface area contributed by atoms with E-state index < -0.39 is 0 Å². The molecule has 0 aliphatic carbocycles. The molecule has 0 fully saturated rings. The maximum Gasteiger partial charge on any atom is 0.258 e. The smallest absolute Gasteiger partial charge is 0.258 e. The minimum Gasteiger partial charge on any atom is -0.380 e. The van der Waals surface area contributed by atoms with Gasteiger partial charge in [0.1, 0.15) is 0 Å². The summed E-state index contributed by atoms with van der Waals surface area (Å²) in [4.78, 5) is 14.7. The molecule has 1 aliphatic heterocycles. The number of nitrogens with zero attached hydrogens (tertiary/aromatic N) is 1. The highest BCUT2D eigenvalue weighted by Gasteiger charge is 2.23. The molecule has 1 aliphatic rings. The first kappa shape index (κ1) is 15.3. The minimum atomic E-state index is 0.0623. The quantitative estimate of drug-likeness (QED) is 0.822. The molecule has 0 unspecified atom stereocenters. The predicted octanol–water partition coefficient (Wildman–Crippen LogP) is 4.19. The molecule has 0 saturated heterocycles. The number of carbonyl (C=O) groups is 1. The number of anilines is 1. The van der Waals surface area contributed by atoms with Crippen LogP contribution in [0.15, 0.2) is 46.9 Å². The summed E-state index contributed by atoms with van der Waals surface area (Å²) in [6.07, 6.45) is 2.02. The van der Waals surface area contributed by atoms with E-state index >= 15 is 0 Å². The Morgan fingerprint density at radius 1 is 1.23 bits per heavy atom. The molecule has 114 valence electrons. The summed E-state index contributed by atoms with van der Waals surface area (Å²) in [5.41, 5.74) is 4.04. The normalized spacial score (nSPS) is 13.8. The number of hydrogen-bond acceptors (Lipinski definition) is 2. The number of carbonyl (C=O) groups excluding carboxylic acids is 1. The van der Waals surface area contributed by atoms with Crippen LogP contribution in [-0.4, -0.2) is 19.6 Å². The maximum atomic E-state index is 12.8. The lowest BCUT2D eigenvalue weighted by molar-refractivity contribution is 0.0985. The Morgan fingerprint density at radius 3 is 2.73 bits per heavy atom. The first-order chi connectivity index (χ1) is 10.7. The molecule has 0 atom stereocenters. The Hall–Kier alpha value is -1.65. The summed E-state index contributed by atoms with van der Waals surface area (Å²) in [6.45, 7) is 1.34. The van der Waals surface area contributed by atoms with Crippen molar-refractivity contribution in [3.8, 4) is 0 Å². The molecule has 1 heterocycles. The van der Waals surface area contributed by atoms with E-state index in [1.165, 1.54) is 5.56 Å². The summed E-state index contributed by atoms with van der Waals surface area (Å²) in [5.74, 6) is 0.0623. The van der Waals surface area contributed by atoms with Crippen LogP contribution in [0.25, 0.3) is 0 Å². The zero-order valence-electron chi connectivity index (χ0n) is 12.5. The van der Waals surface area contributed by atoms with E-state index in [1.54, 1.807) is 7.11 Å². The van der Waals surface area contributed by atoms with Gasteiger partial charge in [0, 0.05) is 29.4 Å². The molecule has 22 heavy (non-hydrogen) atoms. The van der Waals surface area contributed by atoms with E-state index in [0.717, 1.165) is 40.7 Å². The van der Waals surface area contributed by atoms with Crippen LogP contribution in [0.5, 0.6) is 0 Å². The van der Waals surface area contributed by atoms with Crippen LogP contribution in [0.2, 0.25) is 0 Å². The van der Waals surface area contributed by atoms with Crippen LogP contribution in [0.4, 0.5) is 5.69 Å². The van der Waals surface area contributed by atoms with Crippen LogP contribution in [0.1, 0.15) is 27.9 Å². The third-order valence-electron chi connectivity index (χ3n) is 3.92. The number of benzene rings is 2. The van der Waals surface area contributed by atoms with Crippen LogP contribution < -0.4 is 4.90 Å². The molecular formula is C18H18BrNO2. The van der Waals surface area contributed by atoms with Crippen LogP contribution >= 0.6 is 15.9 Å². The van der Waals surface area contributed by atoms with Crippen molar-refractivity contribution in [2.24, 2.45) is 0 Å². The largest absolute Gasteiger partial charge is 0.380 e. The highest BCUT2D eigenvalue weighted by Crippen LogP contribution is 2.30. The fourth-order valence-corrected chi connectivity index (χ4v) is 3.25. The van der Waals surface area contributed by atoms with Crippen LogP contribution in [-0.2, 0) is 17.8 Å². The van der Waals surface area contributed by atoms with Gasteiger partial charge in [-0.25, -0.2) is 0 Å². The summed E-state index contributed by atoms with van der Waals surface area (Å²) in [5, 5.41) is 0. The molecule has 0 aromatic heterocycles. The van der Waals surface area contributed by atoms with Crippen molar-refractivity contribution < 1.29 is 9.53 Å². The molecule has 0 radical (unpaired) electrons. The monoisotopic (exact) mass is 359 g/mol. The van der Waals surface area contributed by atoms with Gasteiger partial charge in [-0.1, -0.05) is 28.1 Å². The third kappa shape index (κ3) is 3.08. The van der Waals surface area contributed by atoms with Crippen LogP contribution in [0.3, 0.4) is 0 Å². The number of amides is 1. The first-order valence-corrected chi connectivity index (χ1v) is 8.16. The fraction of sp³-hybridized carbons (Fsp3) is 0.278. The number of ether oxygens (including phenoxy) is 1. The molecule has 0 spiro atoms. The van der Waals surface area contributed by atoms with Crippen LogP contribution in [0, 0.1) is 0 Å². The highest BCUT2D eigenvalue weighted by atomic mass is 79.9. The Labute approximate surface area is 139 Å². The number of rotatable bonds is 3. The van der Waals surface area contributed by atoms with Crippen molar-refractivity contribution in [1.29, 1.82) is 0 Å². The predicted molar refractivity (Wildman–Crippen MR) is 91.3 cm³/mol. The van der Waals surface area contributed by atoms with Gasteiger partial charge in [-0.2, -0.15) is 0 Å². The van der Waals surface area contributed by atoms with Gasteiger partial charge in [0.2, 0.25) is 0 Å². The molecule has 2 aromatic carbocycles. The van der Waals surface area contributed by atoms with Crippen molar-refractivity contribution in [3.63, 3.8) is 0 Å². The lowest BCUT2D eigenvalue weighted by Gasteiger charge is -2.29. The summed E-state index contributed by atoms with van der Waals surface area (Å²) >= 11 is 3.50. The van der Waals surface area contributed by atoms with E-state index in [0.29, 0.717) is 6.61 Å². The van der Waals surface area contributed by atoms with E-state index in [9.17, 15) is 4.79 Å². The van der Waals surface area contributed by atoms with Gasteiger partial charge in [-0.15, -0.1) is 0 Å². The number of hydrogen-bond donors (Lipinski definition) is 0. The third-order valence-corrected chi connectivity index (χ3v) is 4.41. The first-order valence-electron chi connectivity index (χ1n) is 7.37. The average molecular weight is 360 g/mol. The standard InChI is InChI=1S/C18H18BrNO2/c1-22-12-13-4-6-14(7-5-13)18(21)20-10-2-3-15-11-16(19)8-9-17(15)20/h4-9,11H,2-3,10,12H2,1H3. The lowest BCUT2D eigenvalue weighted by Crippen LogP contribution is -2.35. The molecule has 1 amide bonds. The zero-order valence-corrected chi connectivity index (χ0v) is 14.1. The Bertz CT molecular complexity index is 682. The Morgan fingerprint density at radius 2 is 2.00 bits per heavy atom. The molecule has 0 bridgehead atoms. The number of fused-ring (bicyclic) bond motifs is 1. The number of aryl methyl sites for hydroxylation is 1. The number of halogens is 1. The van der Waals surface area contributed by atoms with Crippen molar-refractivity contribution in [2.75, 3.05) is 18.6 Å². The van der Waals surface area contributed by atoms with Gasteiger partial charge in [-0.05, 0) is 54.3 Å². The molecule has 2 aromatic rings. The van der Waals surface area contributed by atoms with Crippen molar-refractivity contribution >= 4 is 27.5 Å². The van der Waals surface area contributed by atoms with E-state index in [4.69, 9.17) is 4.74 Å². The van der Waals surface area contributed by atoms with Crippen molar-refractivity contribution in [1.82, 2.24) is 0 Å². The van der Waals surface area contributed by atoms with Gasteiger partial charge in [0.05, 0.1) is 6.61 Å². The second-order valence-electron chi connectivity index (χ2n) is 5.46. The molecule has 3 nitrogen and oxygen atoms in total. The molecule has 4 heteroatoms. The van der Waals surface area contributed by atoms with E-state index in [1.807, 2.05) is 41.3 Å². The van der Waals surface area contributed by atoms with Gasteiger partial charge in [0.15, 0.2) is 0 Å². The fourth-order valence-electron chi connectivity index (χ4n) is 2.84. The van der Waals surface area contributed by atoms with Gasteiger partial charge in [-0.3, -0.25) is 4.79 Å². The second-order valence-corrected chi connectivity index (χ2v) is 6.38. The van der Waals surface area contributed by atoms with Gasteiger partial charge >= 0.3 is 0 Å². The average Bonchev–Trinajstić information content (AvgIpc) is 2.54. The second kappa shape index (κ2) is 6.63. The van der Waals surface area contributed by atoms with Gasteiger partial charge in [0.25, 0.3) is 5.91 Å². The maximum absolute atomic E-state index is 12.8. The Kier molecular flexibility index (Phi) is 4.60. The van der Waals surface area contributed by atoms with Crippen molar-refractivity contribution in [2.45, 2.75) is 19.4 Å². The zero-order chi connectivity index (χ0) is 15.5. The number of methoxy groups -OCH3 is 1. The van der Waals surface area contributed by atoms with Gasteiger partial charge < -0.3 is 9.64 Å². The summed E-state index contributed by atoms with van der Waals surface area (Å²) < 4.78 is 6.16. The molecule has 0 N–H and O–H groups in total. The molecular weight excluding hydrogens is 342 g/mol. The van der Waals surface area contributed by atoms with E-state index in [-0.39, 0.29) is 5.91 Å². The lowest BCUT2D eigenvalue weighted by atomic mass is 10.0. The SMILES string of the molecule is COCc1ccc(C(=O)N2CCCc3cc(Br)ccc32)cc1. The topological polar surface area (TPSA) is 29.5 Å². The van der Waals surface area contributed by atoms with E-state index in [2.05, 4.69) is 22.0 Å². The Balaban J connectivity index is 1.87. The molecule has 3 rings (SSSR count). The van der Waals surface area contributed by atoms with Crippen molar-refractivity contribution in [3.05, 3.63) is 63.6 Å².